The molecular formula is C11H20O. The third-order valence-corrected chi connectivity index (χ3v) is 3.34. The minimum atomic E-state index is 0.632. The van der Waals surface area contributed by atoms with Gasteiger partial charge in [-0.15, -0.1) is 0 Å². The molecule has 0 radical (unpaired) electrons. The van der Waals surface area contributed by atoms with Gasteiger partial charge >= 0.3 is 0 Å². The van der Waals surface area contributed by atoms with Crippen LogP contribution in [-0.4, -0.2) is 12.7 Å². The zero-order valence-corrected chi connectivity index (χ0v) is 7.93. The highest BCUT2D eigenvalue weighted by Crippen LogP contribution is 2.30. The van der Waals surface area contributed by atoms with Crippen molar-refractivity contribution >= 4 is 0 Å². The Hall–Kier alpha value is -0.0400. The van der Waals surface area contributed by atoms with Crippen LogP contribution in [0.1, 0.15) is 51.4 Å². The van der Waals surface area contributed by atoms with Gasteiger partial charge in [-0.2, -0.15) is 0 Å². The van der Waals surface area contributed by atoms with Crippen molar-refractivity contribution < 1.29 is 4.74 Å². The molecule has 2 aliphatic rings. The summed E-state index contributed by atoms with van der Waals surface area (Å²) in [6, 6.07) is 0. The number of hydrogen-bond acceptors (Lipinski definition) is 1. The van der Waals surface area contributed by atoms with Gasteiger partial charge in [0.1, 0.15) is 0 Å². The molecule has 0 spiro atoms. The minimum Gasteiger partial charge on any atom is -0.378 e. The summed E-state index contributed by atoms with van der Waals surface area (Å²) in [7, 11) is 0. The number of hydrogen-bond donors (Lipinski definition) is 0. The van der Waals surface area contributed by atoms with Crippen molar-refractivity contribution in [1.82, 2.24) is 0 Å². The number of ether oxygens (including phenoxy) is 1. The Morgan fingerprint density at radius 3 is 2.42 bits per heavy atom. The maximum Gasteiger partial charge on any atom is 0.0578 e. The normalized spacial score (nSPS) is 32.5. The van der Waals surface area contributed by atoms with Gasteiger partial charge < -0.3 is 4.74 Å². The molecule has 1 aliphatic carbocycles. The van der Waals surface area contributed by atoms with Crippen molar-refractivity contribution in [2.75, 3.05) is 6.61 Å². The van der Waals surface area contributed by atoms with Crippen LogP contribution in [0.25, 0.3) is 0 Å². The fraction of sp³-hybridized carbons (Fsp3) is 1.00. The van der Waals surface area contributed by atoms with Gasteiger partial charge in [0.25, 0.3) is 0 Å². The van der Waals surface area contributed by atoms with Gasteiger partial charge in [-0.1, -0.05) is 32.1 Å². The van der Waals surface area contributed by atoms with Crippen LogP contribution in [0.2, 0.25) is 0 Å². The average Bonchev–Trinajstić information content (AvgIpc) is 2.59. The van der Waals surface area contributed by atoms with Crippen molar-refractivity contribution in [1.29, 1.82) is 0 Å². The van der Waals surface area contributed by atoms with Crippen LogP contribution in [0.4, 0.5) is 0 Å². The monoisotopic (exact) mass is 168 g/mol. The summed E-state index contributed by atoms with van der Waals surface area (Å²) in [5, 5.41) is 0. The summed E-state index contributed by atoms with van der Waals surface area (Å²) in [6.07, 6.45) is 12.0. The molecule has 0 aromatic rings. The number of rotatable bonds is 2. The predicted molar refractivity (Wildman–Crippen MR) is 50.2 cm³/mol. The van der Waals surface area contributed by atoms with E-state index in [2.05, 4.69) is 0 Å². The van der Waals surface area contributed by atoms with Crippen molar-refractivity contribution in [3.63, 3.8) is 0 Å². The molecular weight excluding hydrogens is 148 g/mol. The first-order valence-corrected chi connectivity index (χ1v) is 5.57. The van der Waals surface area contributed by atoms with Crippen molar-refractivity contribution in [3.8, 4) is 0 Å². The second-order valence-corrected chi connectivity index (χ2v) is 4.37. The van der Waals surface area contributed by atoms with E-state index in [0.717, 1.165) is 12.5 Å². The Bertz CT molecular complexity index is 121. The fourth-order valence-electron chi connectivity index (χ4n) is 2.62. The summed E-state index contributed by atoms with van der Waals surface area (Å²) < 4.78 is 5.66. The van der Waals surface area contributed by atoms with E-state index >= 15 is 0 Å². The van der Waals surface area contributed by atoms with E-state index in [9.17, 15) is 0 Å². The topological polar surface area (TPSA) is 9.23 Å². The molecule has 1 unspecified atom stereocenters. The smallest absolute Gasteiger partial charge is 0.0578 e. The lowest BCUT2D eigenvalue weighted by Crippen LogP contribution is -2.15. The summed E-state index contributed by atoms with van der Waals surface area (Å²) in [5.74, 6) is 1.00. The molecule has 1 saturated heterocycles. The third-order valence-electron chi connectivity index (χ3n) is 3.34. The molecule has 1 heteroatoms. The molecule has 12 heavy (non-hydrogen) atoms. The Kier molecular flexibility index (Phi) is 3.04. The largest absolute Gasteiger partial charge is 0.378 e. The zero-order chi connectivity index (χ0) is 8.23. The quantitative estimate of drug-likeness (QED) is 0.615. The van der Waals surface area contributed by atoms with Crippen LogP contribution in [0.3, 0.4) is 0 Å². The highest BCUT2D eigenvalue weighted by atomic mass is 16.5. The molecule has 0 bridgehead atoms. The molecule has 2 fully saturated rings. The second kappa shape index (κ2) is 4.27. The van der Waals surface area contributed by atoms with Gasteiger partial charge in [-0.3, -0.25) is 0 Å². The van der Waals surface area contributed by atoms with Crippen molar-refractivity contribution in [3.05, 3.63) is 0 Å². The second-order valence-electron chi connectivity index (χ2n) is 4.37. The molecule has 70 valence electrons. The highest BCUT2D eigenvalue weighted by molar-refractivity contribution is 4.73. The van der Waals surface area contributed by atoms with Gasteiger partial charge in [0.2, 0.25) is 0 Å². The first kappa shape index (κ1) is 8.55. The molecule has 0 aromatic heterocycles. The minimum absolute atomic E-state index is 0.632. The van der Waals surface area contributed by atoms with Crippen molar-refractivity contribution in [2.24, 2.45) is 5.92 Å². The average molecular weight is 168 g/mol. The van der Waals surface area contributed by atoms with E-state index in [1.165, 1.54) is 51.4 Å². The molecule has 1 aliphatic heterocycles. The van der Waals surface area contributed by atoms with E-state index in [-0.39, 0.29) is 0 Å². The van der Waals surface area contributed by atoms with Crippen LogP contribution in [0, 0.1) is 5.92 Å². The van der Waals surface area contributed by atoms with Crippen LogP contribution in [-0.2, 0) is 4.74 Å². The molecule has 1 saturated carbocycles. The highest BCUT2D eigenvalue weighted by Gasteiger charge is 2.21. The van der Waals surface area contributed by atoms with Gasteiger partial charge in [-0.05, 0) is 25.2 Å². The Morgan fingerprint density at radius 1 is 0.917 bits per heavy atom. The van der Waals surface area contributed by atoms with Crippen LogP contribution >= 0.6 is 0 Å². The molecule has 1 nitrogen and oxygen atoms in total. The molecule has 0 N–H and O–H groups in total. The lowest BCUT2D eigenvalue weighted by Gasteiger charge is -2.23. The van der Waals surface area contributed by atoms with E-state index in [0.29, 0.717) is 6.10 Å². The lowest BCUT2D eigenvalue weighted by atomic mass is 9.85. The van der Waals surface area contributed by atoms with Gasteiger partial charge in [0, 0.05) is 6.61 Å². The molecule has 1 heterocycles. The zero-order valence-electron chi connectivity index (χ0n) is 7.93. The van der Waals surface area contributed by atoms with E-state index in [1.807, 2.05) is 0 Å². The summed E-state index contributed by atoms with van der Waals surface area (Å²) in [6.45, 7) is 1.03. The fourth-order valence-corrected chi connectivity index (χ4v) is 2.62. The summed E-state index contributed by atoms with van der Waals surface area (Å²) in [4.78, 5) is 0. The van der Waals surface area contributed by atoms with Gasteiger partial charge in [-0.25, -0.2) is 0 Å². The van der Waals surface area contributed by atoms with Crippen LogP contribution in [0.15, 0.2) is 0 Å². The van der Waals surface area contributed by atoms with Crippen molar-refractivity contribution in [2.45, 2.75) is 57.5 Å². The van der Waals surface area contributed by atoms with E-state index < -0.39 is 0 Å². The lowest BCUT2D eigenvalue weighted by molar-refractivity contribution is 0.0831. The maximum atomic E-state index is 5.66. The molecule has 1 atom stereocenters. The SMILES string of the molecule is C1CCC(CC2CCCO2)CC1. The van der Waals surface area contributed by atoms with E-state index in [4.69, 9.17) is 4.74 Å². The Morgan fingerprint density at radius 2 is 1.75 bits per heavy atom. The van der Waals surface area contributed by atoms with Crippen LogP contribution in [0.5, 0.6) is 0 Å². The first-order chi connectivity index (χ1) is 5.95. The first-order valence-electron chi connectivity index (χ1n) is 5.57. The summed E-state index contributed by atoms with van der Waals surface area (Å²) >= 11 is 0. The Labute approximate surface area is 75.5 Å². The van der Waals surface area contributed by atoms with Crippen LogP contribution < -0.4 is 0 Å². The third kappa shape index (κ3) is 2.22. The van der Waals surface area contributed by atoms with Gasteiger partial charge in [0.05, 0.1) is 6.10 Å². The molecule has 2 rings (SSSR count). The Balaban J connectivity index is 1.69. The molecule has 0 amide bonds. The standard InChI is InChI=1S/C11H20O/c1-2-5-10(6-3-1)9-11-7-4-8-12-11/h10-11H,1-9H2. The molecule has 0 aromatic carbocycles. The maximum absolute atomic E-state index is 5.66. The van der Waals surface area contributed by atoms with Gasteiger partial charge in [0.15, 0.2) is 0 Å². The van der Waals surface area contributed by atoms with E-state index in [1.54, 1.807) is 0 Å². The predicted octanol–water partition coefficient (Wildman–Crippen LogP) is 3.14. The summed E-state index contributed by atoms with van der Waals surface area (Å²) in [5.41, 5.74) is 0.